The first kappa shape index (κ1) is 10.7. The zero-order valence-corrected chi connectivity index (χ0v) is 9.43. The summed E-state index contributed by atoms with van der Waals surface area (Å²) >= 11 is 0. The van der Waals surface area contributed by atoms with Gasteiger partial charge in [-0.25, -0.2) is 9.67 Å². The van der Waals surface area contributed by atoms with Gasteiger partial charge in [0.25, 0.3) is 0 Å². The molecule has 3 rings (SSSR count). The Morgan fingerprint density at radius 2 is 2.00 bits per heavy atom. The van der Waals surface area contributed by atoms with Gasteiger partial charge in [0.2, 0.25) is 0 Å². The lowest BCUT2D eigenvalue weighted by molar-refractivity contribution is 0.202. The SMILES string of the molecule is OC(c1ncn[nH]1)c1ccnn1-c1ccccc1. The topological polar surface area (TPSA) is 79.6 Å². The lowest BCUT2D eigenvalue weighted by Gasteiger charge is -2.10. The van der Waals surface area contributed by atoms with Crippen molar-refractivity contribution in [1.82, 2.24) is 25.0 Å². The van der Waals surface area contributed by atoms with Crippen molar-refractivity contribution in [3.05, 3.63) is 60.4 Å². The van der Waals surface area contributed by atoms with Crippen LogP contribution in [0.25, 0.3) is 5.69 Å². The Hall–Kier alpha value is -2.47. The van der Waals surface area contributed by atoms with Crippen molar-refractivity contribution in [3.8, 4) is 5.69 Å². The average Bonchev–Trinajstić information content (AvgIpc) is 3.10. The van der Waals surface area contributed by atoms with Gasteiger partial charge in [0.05, 0.1) is 11.4 Å². The molecular weight excluding hydrogens is 230 g/mol. The second-order valence-corrected chi connectivity index (χ2v) is 3.78. The Kier molecular flexibility index (Phi) is 2.62. The van der Waals surface area contributed by atoms with Gasteiger partial charge in [-0.15, -0.1) is 0 Å². The molecule has 3 aromatic rings. The van der Waals surface area contributed by atoms with Crippen LogP contribution in [0.1, 0.15) is 17.6 Å². The van der Waals surface area contributed by atoms with E-state index in [1.165, 1.54) is 6.33 Å². The quantitative estimate of drug-likeness (QED) is 0.719. The molecule has 0 amide bonds. The first-order valence-electron chi connectivity index (χ1n) is 5.49. The van der Waals surface area contributed by atoms with E-state index in [9.17, 15) is 5.11 Å². The zero-order valence-electron chi connectivity index (χ0n) is 9.43. The second-order valence-electron chi connectivity index (χ2n) is 3.78. The standard InChI is InChI=1S/C12H11N5O/c18-11(12-13-8-14-16-12)10-6-7-15-17(10)9-4-2-1-3-5-9/h1-8,11,18H,(H,13,14,16). The van der Waals surface area contributed by atoms with Gasteiger partial charge in [-0.3, -0.25) is 5.10 Å². The molecule has 0 saturated carbocycles. The van der Waals surface area contributed by atoms with E-state index in [0.717, 1.165) is 5.69 Å². The van der Waals surface area contributed by atoms with E-state index in [2.05, 4.69) is 20.3 Å². The molecule has 0 fully saturated rings. The van der Waals surface area contributed by atoms with Crippen LogP contribution >= 0.6 is 0 Å². The number of aromatic nitrogens is 5. The predicted octanol–water partition coefficient (Wildman–Crippen LogP) is 1.07. The molecule has 18 heavy (non-hydrogen) atoms. The lowest BCUT2D eigenvalue weighted by Crippen LogP contribution is -2.09. The molecule has 0 aliphatic carbocycles. The van der Waals surface area contributed by atoms with Crippen LogP contribution < -0.4 is 0 Å². The summed E-state index contributed by atoms with van der Waals surface area (Å²) in [5, 5.41) is 20.8. The summed E-state index contributed by atoms with van der Waals surface area (Å²) in [6, 6.07) is 11.4. The van der Waals surface area contributed by atoms with Crippen LogP contribution in [0.3, 0.4) is 0 Å². The highest BCUT2D eigenvalue weighted by molar-refractivity contribution is 5.33. The van der Waals surface area contributed by atoms with Crippen molar-refractivity contribution in [3.63, 3.8) is 0 Å². The molecule has 2 N–H and O–H groups in total. The number of H-pyrrole nitrogens is 1. The Balaban J connectivity index is 2.02. The van der Waals surface area contributed by atoms with Crippen molar-refractivity contribution < 1.29 is 5.11 Å². The number of hydrogen-bond acceptors (Lipinski definition) is 4. The van der Waals surface area contributed by atoms with E-state index >= 15 is 0 Å². The molecule has 0 saturated heterocycles. The zero-order chi connectivity index (χ0) is 12.4. The highest BCUT2D eigenvalue weighted by Gasteiger charge is 2.18. The highest BCUT2D eigenvalue weighted by atomic mass is 16.3. The minimum Gasteiger partial charge on any atom is -0.379 e. The van der Waals surface area contributed by atoms with E-state index in [4.69, 9.17) is 0 Å². The van der Waals surface area contributed by atoms with E-state index < -0.39 is 6.10 Å². The molecule has 6 nitrogen and oxygen atoms in total. The summed E-state index contributed by atoms with van der Waals surface area (Å²) < 4.78 is 1.67. The van der Waals surface area contributed by atoms with Crippen molar-refractivity contribution in [2.75, 3.05) is 0 Å². The summed E-state index contributed by atoms with van der Waals surface area (Å²) in [5.41, 5.74) is 1.52. The fourth-order valence-electron chi connectivity index (χ4n) is 1.79. The average molecular weight is 241 g/mol. The maximum Gasteiger partial charge on any atom is 0.159 e. The third kappa shape index (κ3) is 1.78. The number of aliphatic hydroxyl groups is 1. The minimum atomic E-state index is -0.879. The third-order valence-corrected chi connectivity index (χ3v) is 2.65. The number of nitrogens with zero attached hydrogens (tertiary/aromatic N) is 4. The summed E-state index contributed by atoms with van der Waals surface area (Å²) in [5.74, 6) is 0.396. The molecular formula is C12H11N5O. The number of aliphatic hydroxyl groups excluding tert-OH is 1. The largest absolute Gasteiger partial charge is 0.379 e. The number of hydrogen-bond donors (Lipinski definition) is 2. The van der Waals surface area contributed by atoms with E-state index in [1.54, 1.807) is 16.9 Å². The Bertz CT molecular complexity index is 617. The first-order valence-corrected chi connectivity index (χ1v) is 5.49. The van der Waals surface area contributed by atoms with Gasteiger partial charge in [0, 0.05) is 6.20 Å². The predicted molar refractivity (Wildman–Crippen MR) is 64.0 cm³/mol. The fourth-order valence-corrected chi connectivity index (χ4v) is 1.79. The molecule has 2 aromatic heterocycles. The molecule has 2 heterocycles. The minimum absolute atomic E-state index is 0.396. The summed E-state index contributed by atoms with van der Waals surface area (Å²) in [6.45, 7) is 0. The molecule has 1 atom stereocenters. The number of aromatic amines is 1. The van der Waals surface area contributed by atoms with Crippen molar-refractivity contribution in [1.29, 1.82) is 0 Å². The second kappa shape index (κ2) is 4.42. The summed E-state index contributed by atoms with van der Waals surface area (Å²) in [6.07, 6.45) is 2.12. The van der Waals surface area contributed by atoms with E-state index in [1.807, 2.05) is 30.3 Å². The summed E-state index contributed by atoms with van der Waals surface area (Å²) in [7, 11) is 0. The van der Waals surface area contributed by atoms with Gasteiger partial charge in [-0.05, 0) is 18.2 Å². The maximum absolute atomic E-state index is 10.2. The molecule has 0 aliphatic heterocycles. The van der Waals surface area contributed by atoms with Gasteiger partial charge in [-0.2, -0.15) is 10.2 Å². The van der Waals surface area contributed by atoms with E-state index in [-0.39, 0.29) is 0 Å². The number of nitrogens with one attached hydrogen (secondary N) is 1. The van der Waals surface area contributed by atoms with Crippen LogP contribution in [0, 0.1) is 0 Å². The highest BCUT2D eigenvalue weighted by Crippen LogP contribution is 2.20. The van der Waals surface area contributed by atoms with Gasteiger partial charge in [0.15, 0.2) is 11.9 Å². The lowest BCUT2D eigenvalue weighted by atomic mass is 10.2. The van der Waals surface area contributed by atoms with E-state index in [0.29, 0.717) is 11.5 Å². The van der Waals surface area contributed by atoms with Gasteiger partial charge in [0.1, 0.15) is 6.33 Å². The van der Waals surface area contributed by atoms with Crippen LogP contribution in [0.5, 0.6) is 0 Å². The molecule has 1 aromatic carbocycles. The molecule has 0 radical (unpaired) electrons. The number of para-hydroxylation sites is 1. The molecule has 0 spiro atoms. The van der Waals surface area contributed by atoms with Crippen LogP contribution in [0.2, 0.25) is 0 Å². The molecule has 0 bridgehead atoms. The monoisotopic (exact) mass is 241 g/mol. The van der Waals surface area contributed by atoms with Crippen molar-refractivity contribution in [2.24, 2.45) is 0 Å². The van der Waals surface area contributed by atoms with Gasteiger partial charge >= 0.3 is 0 Å². The molecule has 6 heteroatoms. The Labute approximate surface area is 103 Å². The number of rotatable bonds is 3. The van der Waals surface area contributed by atoms with Crippen LogP contribution in [0.4, 0.5) is 0 Å². The van der Waals surface area contributed by atoms with Crippen molar-refractivity contribution >= 4 is 0 Å². The molecule has 0 aliphatic rings. The molecule has 1 unspecified atom stereocenters. The van der Waals surface area contributed by atoms with Crippen molar-refractivity contribution in [2.45, 2.75) is 6.10 Å². The normalized spacial score (nSPS) is 12.5. The first-order chi connectivity index (χ1) is 8.86. The Morgan fingerprint density at radius 3 is 2.72 bits per heavy atom. The third-order valence-electron chi connectivity index (χ3n) is 2.65. The van der Waals surface area contributed by atoms with Crippen LogP contribution in [-0.2, 0) is 0 Å². The fraction of sp³-hybridized carbons (Fsp3) is 0.0833. The smallest absolute Gasteiger partial charge is 0.159 e. The maximum atomic E-state index is 10.2. The summed E-state index contributed by atoms with van der Waals surface area (Å²) in [4.78, 5) is 3.95. The van der Waals surface area contributed by atoms with Crippen LogP contribution in [-0.4, -0.2) is 30.1 Å². The Morgan fingerprint density at radius 1 is 1.17 bits per heavy atom. The van der Waals surface area contributed by atoms with Crippen LogP contribution in [0.15, 0.2) is 48.9 Å². The molecule has 90 valence electrons. The number of benzene rings is 1. The van der Waals surface area contributed by atoms with Gasteiger partial charge < -0.3 is 5.11 Å². The van der Waals surface area contributed by atoms with Gasteiger partial charge in [-0.1, -0.05) is 18.2 Å².